The van der Waals surface area contributed by atoms with E-state index in [1.54, 1.807) is 26.4 Å². The van der Waals surface area contributed by atoms with Crippen LogP contribution in [0, 0.1) is 23.6 Å². The van der Waals surface area contributed by atoms with Crippen LogP contribution in [0.3, 0.4) is 0 Å². The smallest absolute Gasteiger partial charge is 0.159 e. The normalized spacial score (nSPS) is 22.2. The molecule has 0 aromatic heterocycles. The van der Waals surface area contributed by atoms with Gasteiger partial charge in [-0.05, 0) is 90.8 Å². The maximum atomic E-state index is 16.2. The molecule has 3 aromatic carbocycles. The second kappa shape index (κ2) is 12.5. The molecule has 3 aliphatic rings. The molecule has 2 atom stereocenters. The Labute approximate surface area is 243 Å². The van der Waals surface area contributed by atoms with E-state index in [2.05, 4.69) is 29.2 Å². The van der Waals surface area contributed by atoms with Crippen LogP contribution in [0.25, 0.3) is 11.1 Å². The molecule has 2 fully saturated rings. The highest BCUT2D eigenvalue weighted by Crippen LogP contribution is 2.48. The van der Waals surface area contributed by atoms with E-state index in [0.717, 1.165) is 87.2 Å². The Hall–Kier alpha value is -2.93. The summed E-state index contributed by atoms with van der Waals surface area (Å²) < 4.78 is 32.9. The molecule has 0 unspecified atom stereocenters. The number of phenolic OH excluding ortho intramolecular Hbond substituents is 1. The highest BCUT2D eigenvalue weighted by Gasteiger charge is 2.38. The average molecular weight is 560 g/mol. The van der Waals surface area contributed by atoms with Gasteiger partial charge in [-0.1, -0.05) is 42.5 Å². The Kier molecular flexibility index (Phi) is 8.61. The molecule has 6 heteroatoms. The molecule has 41 heavy (non-hydrogen) atoms. The van der Waals surface area contributed by atoms with Gasteiger partial charge >= 0.3 is 0 Å². The fraction of sp³-hybridized carbons (Fsp3) is 0.486. The van der Waals surface area contributed by atoms with E-state index in [9.17, 15) is 5.11 Å². The van der Waals surface area contributed by atoms with Crippen molar-refractivity contribution in [3.63, 3.8) is 0 Å². The number of nitrogens with zero attached hydrogens (tertiary/aromatic N) is 1. The number of ether oxygens (including phenoxy) is 3. The first kappa shape index (κ1) is 28.2. The van der Waals surface area contributed by atoms with Gasteiger partial charge in [0.1, 0.15) is 11.6 Å². The van der Waals surface area contributed by atoms with Crippen LogP contribution in [-0.2, 0) is 20.6 Å². The van der Waals surface area contributed by atoms with Crippen molar-refractivity contribution in [3.05, 3.63) is 83.2 Å². The Balaban J connectivity index is 1.31. The van der Waals surface area contributed by atoms with Gasteiger partial charge in [-0.3, -0.25) is 0 Å². The van der Waals surface area contributed by atoms with Crippen molar-refractivity contribution in [3.8, 4) is 16.9 Å². The standard InChI is InChI=1S/C35H42FNO4/c1-39-35(40-2)24-13-17-37(18-14-24)27-9-12-31(32(36)22-27)34-29(23-15-19-41-20-16-23)10-8-26-21-25(7-11-30(26)34)28-5-3-4-6-33(28)38/h3-7,9,11-12,21-24,29,34-35,38H,8,10,13-20H2,1-2H3/t29-,34+/m1/s1. The van der Waals surface area contributed by atoms with Crippen LogP contribution in [0.5, 0.6) is 5.75 Å². The molecule has 1 N–H and O–H groups in total. The number of anilines is 1. The largest absolute Gasteiger partial charge is 0.507 e. The number of phenols is 1. The van der Waals surface area contributed by atoms with E-state index >= 15 is 4.39 Å². The van der Waals surface area contributed by atoms with Crippen molar-refractivity contribution in [2.45, 2.75) is 50.7 Å². The van der Waals surface area contributed by atoms with Crippen molar-refractivity contribution >= 4 is 5.69 Å². The summed E-state index contributed by atoms with van der Waals surface area (Å²) in [5, 5.41) is 10.5. The number of aryl methyl sites for hydroxylation is 1. The van der Waals surface area contributed by atoms with Gasteiger partial charge in [0.15, 0.2) is 6.29 Å². The van der Waals surface area contributed by atoms with Crippen molar-refractivity contribution < 1.29 is 23.7 Å². The molecule has 2 saturated heterocycles. The zero-order valence-electron chi connectivity index (χ0n) is 24.2. The summed E-state index contributed by atoms with van der Waals surface area (Å²) in [6.45, 7) is 3.30. The van der Waals surface area contributed by atoms with Crippen LogP contribution in [0.4, 0.5) is 10.1 Å². The highest BCUT2D eigenvalue weighted by atomic mass is 19.1. The summed E-state index contributed by atoms with van der Waals surface area (Å²) in [5.74, 6) is 1.42. The van der Waals surface area contributed by atoms with Gasteiger partial charge in [-0.15, -0.1) is 0 Å². The third-order valence-corrected chi connectivity index (χ3v) is 9.81. The van der Waals surface area contributed by atoms with Crippen molar-refractivity contribution in [1.82, 2.24) is 0 Å². The van der Waals surface area contributed by atoms with Gasteiger partial charge in [0.2, 0.25) is 0 Å². The summed E-state index contributed by atoms with van der Waals surface area (Å²) in [6, 6.07) is 19.9. The van der Waals surface area contributed by atoms with E-state index < -0.39 is 0 Å². The Bertz CT molecular complexity index is 1330. The SMILES string of the molecule is COC(OC)C1CCN(c2ccc([C@@H]3c4ccc(-c5ccccc5O)cc4CC[C@@H]3C3CCOCC3)c(F)c2)CC1. The first-order valence-corrected chi connectivity index (χ1v) is 15.2. The summed E-state index contributed by atoms with van der Waals surface area (Å²) in [7, 11) is 3.38. The monoisotopic (exact) mass is 559 g/mol. The minimum atomic E-state index is -0.184. The Morgan fingerprint density at radius 3 is 2.32 bits per heavy atom. The minimum Gasteiger partial charge on any atom is -0.507 e. The highest BCUT2D eigenvalue weighted by molar-refractivity contribution is 5.71. The first-order valence-electron chi connectivity index (χ1n) is 15.2. The lowest BCUT2D eigenvalue weighted by molar-refractivity contribution is -0.141. The van der Waals surface area contributed by atoms with Gasteiger partial charge in [0.05, 0.1) is 0 Å². The van der Waals surface area contributed by atoms with Crippen molar-refractivity contribution in [1.29, 1.82) is 0 Å². The summed E-state index contributed by atoms with van der Waals surface area (Å²) >= 11 is 0. The second-order valence-corrected chi connectivity index (χ2v) is 11.9. The minimum absolute atomic E-state index is 0.00391. The van der Waals surface area contributed by atoms with Crippen molar-refractivity contribution in [2.75, 3.05) is 45.4 Å². The molecule has 218 valence electrons. The molecule has 0 spiro atoms. The molecule has 0 saturated carbocycles. The first-order chi connectivity index (χ1) is 20.1. The van der Waals surface area contributed by atoms with E-state index in [4.69, 9.17) is 14.2 Å². The van der Waals surface area contributed by atoms with E-state index in [-0.39, 0.29) is 23.8 Å². The van der Waals surface area contributed by atoms with E-state index in [0.29, 0.717) is 17.8 Å². The number of hydrogen-bond acceptors (Lipinski definition) is 5. The summed E-state index contributed by atoms with van der Waals surface area (Å²) in [5.41, 5.74) is 6.08. The molecule has 2 aliphatic heterocycles. The van der Waals surface area contributed by atoms with Gasteiger partial charge < -0.3 is 24.2 Å². The Morgan fingerprint density at radius 2 is 1.61 bits per heavy atom. The van der Waals surface area contributed by atoms with Crippen LogP contribution in [0.15, 0.2) is 60.7 Å². The number of aromatic hydroxyl groups is 1. The van der Waals surface area contributed by atoms with E-state index in [1.807, 2.05) is 24.3 Å². The second-order valence-electron chi connectivity index (χ2n) is 11.9. The molecule has 2 heterocycles. The predicted octanol–water partition coefficient (Wildman–Crippen LogP) is 7.15. The van der Waals surface area contributed by atoms with Crippen LogP contribution in [0.1, 0.15) is 54.7 Å². The molecular weight excluding hydrogens is 517 g/mol. The van der Waals surface area contributed by atoms with Gasteiger partial charge in [0.25, 0.3) is 0 Å². The van der Waals surface area contributed by atoms with Crippen LogP contribution in [-0.4, -0.2) is 51.9 Å². The molecular formula is C35H42FNO4. The zero-order valence-corrected chi connectivity index (χ0v) is 24.2. The number of para-hydroxylation sites is 1. The number of rotatable bonds is 7. The van der Waals surface area contributed by atoms with Gasteiger partial charge in [-0.2, -0.15) is 0 Å². The molecule has 5 nitrogen and oxygen atoms in total. The number of benzene rings is 3. The lowest BCUT2D eigenvalue weighted by atomic mass is 9.65. The molecule has 3 aromatic rings. The summed E-state index contributed by atoms with van der Waals surface area (Å²) in [6.07, 6.45) is 5.79. The number of piperidine rings is 1. The maximum Gasteiger partial charge on any atom is 0.159 e. The molecule has 0 bridgehead atoms. The lowest BCUT2D eigenvalue weighted by Crippen LogP contribution is -2.39. The quantitative estimate of drug-likeness (QED) is 0.312. The molecule has 1 aliphatic carbocycles. The van der Waals surface area contributed by atoms with Crippen LogP contribution < -0.4 is 4.90 Å². The number of fused-ring (bicyclic) bond motifs is 1. The third kappa shape index (κ3) is 5.75. The molecule has 0 amide bonds. The van der Waals surface area contributed by atoms with Gasteiger partial charge in [0, 0.05) is 63.6 Å². The number of methoxy groups -OCH3 is 2. The predicted molar refractivity (Wildman–Crippen MR) is 160 cm³/mol. The van der Waals surface area contributed by atoms with Crippen LogP contribution in [0.2, 0.25) is 0 Å². The summed E-state index contributed by atoms with van der Waals surface area (Å²) in [4.78, 5) is 2.29. The fourth-order valence-electron chi connectivity index (χ4n) is 7.66. The average Bonchev–Trinajstić information content (AvgIpc) is 3.02. The number of hydrogen-bond donors (Lipinski definition) is 1. The Morgan fingerprint density at radius 1 is 0.878 bits per heavy atom. The number of halogens is 1. The van der Waals surface area contributed by atoms with Crippen LogP contribution >= 0.6 is 0 Å². The lowest BCUT2D eigenvalue weighted by Gasteiger charge is -2.41. The fourth-order valence-corrected chi connectivity index (χ4v) is 7.66. The third-order valence-electron chi connectivity index (χ3n) is 9.81. The van der Waals surface area contributed by atoms with E-state index in [1.165, 1.54) is 11.1 Å². The zero-order chi connectivity index (χ0) is 28.3. The van der Waals surface area contributed by atoms with Crippen molar-refractivity contribution in [2.24, 2.45) is 17.8 Å². The molecule has 0 radical (unpaired) electrons. The molecule has 6 rings (SSSR count). The topological polar surface area (TPSA) is 51.2 Å². The maximum absolute atomic E-state index is 16.2. The van der Waals surface area contributed by atoms with Gasteiger partial charge in [-0.25, -0.2) is 4.39 Å².